The zero-order chi connectivity index (χ0) is 22.7. The Morgan fingerprint density at radius 2 is 1.62 bits per heavy atom. The molecule has 8 nitrogen and oxygen atoms in total. The van der Waals surface area contributed by atoms with Crippen LogP contribution in [0.5, 0.6) is 17.2 Å². The molecule has 0 unspecified atom stereocenters. The Hall–Kier alpha value is -4.20. The van der Waals surface area contributed by atoms with Crippen LogP contribution in [0.25, 0.3) is 5.57 Å². The lowest BCUT2D eigenvalue weighted by Gasteiger charge is -2.14. The SMILES string of the molecule is COc1ccc(NC2=C(c3ccc(OC)c(OC)c3)C(=O)N(Cc3ccco3)C2=O)cc1. The molecule has 4 rings (SSSR count). The van der Waals surface area contributed by atoms with Gasteiger partial charge in [-0.05, 0) is 54.1 Å². The Morgan fingerprint density at radius 3 is 2.25 bits per heavy atom. The lowest BCUT2D eigenvalue weighted by atomic mass is 10.0. The predicted molar refractivity (Wildman–Crippen MR) is 117 cm³/mol. The molecule has 3 aromatic rings. The lowest BCUT2D eigenvalue weighted by Crippen LogP contribution is -2.31. The van der Waals surface area contributed by atoms with E-state index in [4.69, 9.17) is 18.6 Å². The zero-order valence-corrected chi connectivity index (χ0v) is 17.9. The van der Waals surface area contributed by atoms with Crippen LogP contribution < -0.4 is 19.5 Å². The molecule has 164 valence electrons. The number of benzene rings is 2. The molecular formula is C24H22N2O6. The minimum atomic E-state index is -0.452. The first-order valence-electron chi connectivity index (χ1n) is 9.82. The van der Waals surface area contributed by atoms with Gasteiger partial charge in [-0.2, -0.15) is 0 Å². The van der Waals surface area contributed by atoms with Crippen molar-refractivity contribution in [3.05, 3.63) is 77.9 Å². The maximum absolute atomic E-state index is 13.4. The van der Waals surface area contributed by atoms with Crippen LogP contribution in [-0.2, 0) is 16.1 Å². The molecule has 32 heavy (non-hydrogen) atoms. The molecule has 0 bridgehead atoms. The van der Waals surface area contributed by atoms with E-state index in [0.29, 0.717) is 34.3 Å². The summed E-state index contributed by atoms with van der Waals surface area (Å²) in [6.07, 6.45) is 1.50. The van der Waals surface area contributed by atoms with Gasteiger partial charge in [0.2, 0.25) is 0 Å². The molecule has 0 spiro atoms. The Labute approximate surface area is 185 Å². The summed E-state index contributed by atoms with van der Waals surface area (Å²) >= 11 is 0. The van der Waals surface area contributed by atoms with E-state index in [0.717, 1.165) is 4.90 Å². The van der Waals surface area contributed by atoms with Gasteiger partial charge in [0.25, 0.3) is 11.8 Å². The van der Waals surface area contributed by atoms with Gasteiger partial charge in [0.15, 0.2) is 11.5 Å². The molecule has 2 aromatic carbocycles. The highest BCUT2D eigenvalue weighted by Crippen LogP contribution is 2.36. The van der Waals surface area contributed by atoms with E-state index in [2.05, 4.69) is 5.32 Å². The van der Waals surface area contributed by atoms with Crippen LogP contribution >= 0.6 is 0 Å². The molecule has 1 aliphatic heterocycles. The second-order valence-electron chi connectivity index (χ2n) is 6.95. The molecule has 1 aromatic heterocycles. The molecule has 0 saturated carbocycles. The number of carbonyl (C=O) groups excluding carboxylic acids is 2. The van der Waals surface area contributed by atoms with Crippen molar-refractivity contribution < 1.29 is 28.2 Å². The number of imide groups is 1. The van der Waals surface area contributed by atoms with Crippen LogP contribution in [0, 0.1) is 0 Å². The van der Waals surface area contributed by atoms with Crippen LogP contribution in [0.2, 0.25) is 0 Å². The van der Waals surface area contributed by atoms with Gasteiger partial charge in [-0.15, -0.1) is 0 Å². The van der Waals surface area contributed by atoms with E-state index < -0.39 is 11.8 Å². The molecule has 1 aliphatic rings. The first-order chi connectivity index (χ1) is 15.5. The number of ether oxygens (including phenoxy) is 3. The molecule has 1 N–H and O–H groups in total. The second-order valence-corrected chi connectivity index (χ2v) is 6.95. The molecule has 8 heteroatoms. The van der Waals surface area contributed by atoms with Crippen molar-refractivity contribution in [3.63, 3.8) is 0 Å². The lowest BCUT2D eigenvalue weighted by molar-refractivity contribution is -0.137. The van der Waals surface area contributed by atoms with E-state index in [1.807, 2.05) is 0 Å². The first kappa shape index (κ1) is 21.0. The Kier molecular flexibility index (Phi) is 5.85. The summed E-state index contributed by atoms with van der Waals surface area (Å²) in [7, 11) is 4.62. The third kappa shape index (κ3) is 3.90. The standard InChI is InChI=1S/C24H22N2O6/c1-29-17-9-7-16(8-10-17)25-22-21(15-6-11-19(30-2)20(13-15)31-3)23(27)26(24(22)28)14-18-5-4-12-32-18/h4-13,25H,14H2,1-3H3. The van der Waals surface area contributed by atoms with Crippen molar-refractivity contribution in [1.29, 1.82) is 0 Å². The van der Waals surface area contributed by atoms with Crippen molar-refractivity contribution in [2.24, 2.45) is 0 Å². The van der Waals surface area contributed by atoms with Gasteiger partial charge in [0, 0.05) is 5.69 Å². The van der Waals surface area contributed by atoms with E-state index in [9.17, 15) is 9.59 Å². The van der Waals surface area contributed by atoms with Crippen molar-refractivity contribution in [1.82, 2.24) is 4.90 Å². The molecule has 0 fully saturated rings. The summed E-state index contributed by atoms with van der Waals surface area (Å²) in [5.41, 5.74) is 1.57. The number of hydrogen-bond acceptors (Lipinski definition) is 7. The van der Waals surface area contributed by atoms with Crippen molar-refractivity contribution in [2.75, 3.05) is 26.6 Å². The predicted octanol–water partition coefficient (Wildman–Crippen LogP) is 3.70. The summed E-state index contributed by atoms with van der Waals surface area (Å²) in [6, 6.07) is 15.6. The van der Waals surface area contributed by atoms with Crippen LogP contribution in [0.3, 0.4) is 0 Å². The summed E-state index contributed by atoms with van der Waals surface area (Å²) in [6.45, 7) is 0.0231. The minimum Gasteiger partial charge on any atom is -0.497 e. The van der Waals surface area contributed by atoms with Gasteiger partial charge in [-0.1, -0.05) is 6.07 Å². The second kappa shape index (κ2) is 8.89. The van der Waals surface area contributed by atoms with Gasteiger partial charge < -0.3 is 23.9 Å². The number of nitrogens with one attached hydrogen (secondary N) is 1. The largest absolute Gasteiger partial charge is 0.497 e. The highest BCUT2D eigenvalue weighted by atomic mass is 16.5. The normalized spacial score (nSPS) is 13.5. The molecular weight excluding hydrogens is 412 g/mol. The Balaban J connectivity index is 1.77. The highest BCUT2D eigenvalue weighted by molar-refractivity contribution is 6.36. The van der Waals surface area contributed by atoms with Gasteiger partial charge in [-0.3, -0.25) is 14.5 Å². The number of anilines is 1. The summed E-state index contributed by atoms with van der Waals surface area (Å²) in [4.78, 5) is 27.8. The van der Waals surface area contributed by atoms with Crippen molar-refractivity contribution >= 4 is 23.1 Å². The number of nitrogens with zero attached hydrogens (tertiary/aromatic N) is 1. The maximum Gasteiger partial charge on any atom is 0.278 e. The Morgan fingerprint density at radius 1 is 0.875 bits per heavy atom. The van der Waals surface area contributed by atoms with Crippen LogP contribution in [0.1, 0.15) is 11.3 Å². The smallest absolute Gasteiger partial charge is 0.278 e. The number of hydrogen-bond donors (Lipinski definition) is 1. The van der Waals surface area contributed by atoms with Gasteiger partial charge in [-0.25, -0.2) is 0 Å². The average molecular weight is 434 g/mol. The number of furan rings is 1. The molecule has 0 saturated heterocycles. The molecule has 0 radical (unpaired) electrons. The van der Waals surface area contributed by atoms with Gasteiger partial charge in [0.1, 0.15) is 17.2 Å². The van der Waals surface area contributed by atoms with Gasteiger partial charge >= 0.3 is 0 Å². The first-order valence-corrected chi connectivity index (χ1v) is 9.82. The van der Waals surface area contributed by atoms with E-state index in [1.54, 1.807) is 61.7 Å². The zero-order valence-electron chi connectivity index (χ0n) is 17.9. The fourth-order valence-electron chi connectivity index (χ4n) is 3.47. The van der Waals surface area contributed by atoms with E-state index in [-0.39, 0.29) is 17.8 Å². The van der Waals surface area contributed by atoms with E-state index in [1.165, 1.54) is 20.5 Å². The molecule has 2 heterocycles. The molecule has 0 atom stereocenters. The molecule has 0 aliphatic carbocycles. The number of carbonyl (C=O) groups is 2. The quantitative estimate of drug-likeness (QED) is 0.541. The fourth-order valence-corrected chi connectivity index (χ4v) is 3.47. The monoisotopic (exact) mass is 434 g/mol. The fraction of sp³-hybridized carbons (Fsp3) is 0.167. The number of amides is 2. The number of rotatable bonds is 8. The van der Waals surface area contributed by atoms with Crippen molar-refractivity contribution in [3.8, 4) is 17.2 Å². The van der Waals surface area contributed by atoms with Gasteiger partial charge in [0.05, 0.1) is 39.7 Å². The van der Waals surface area contributed by atoms with E-state index >= 15 is 0 Å². The Bertz CT molecular complexity index is 1170. The molecule has 2 amide bonds. The maximum atomic E-state index is 13.4. The van der Waals surface area contributed by atoms with Crippen LogP contribution in [0.4, 0.5) is 5.69 Å². The number of methoxy groups -OCH3 is 3. The summed E-state index contributed by atoms with van der Waals surface area (Å²) in [5, 5.41) is 3.11. The van der Waals surface area contributed by atoms with Crippen LogP contribution in [0.15, 0.2) is 71.0 Å². The average Bonchev–Trinajstić information content (AvgIpc) is 3.42. The van der Waals surface area contributed by atoms with Crippen LogP contribution in [-0.4, -0.2) is 38.0 Å². The topological polar surface area (TPSA) is 90.2 Å². The minimum absolute atomic E-state index is 0.0231. The third-order valence-corrected chi connectivity index (χ3v) is 5.09. The third-order valence-electron chi connectivity index (χ3n) is 5.09. The summed E-state index contributed by atoms with van der Waals surface area (Å²) in [5.74, 6) is 1.26. The highest BCUT2D eigenvalue weighted by Gasteiger charge is 2.40. The van der Waals surface area contributed by atoms with Crippen molar-refractivity contribution in [2.45, 2.75) is 6.54 Å². The summed E-state index contributed by atoms with van der Waals surface area (Å²) < 4.78 is 21.2.